The monoisotopic (exact) mass is 175 g/mol. The molecule has 0 saturated carbocycles. The molecule has 0 aromatic carbocycles. The van der Waals surface area contributed by atoms with Gasteiger partial charge in [-0.05, 0) is 27.3 Å². The van der Waals surface area contributed by atoms with Gasteiger partial charge >= 0.3 is 0 Å². The van der Waals surface area contributed by atoms with E-state index in [9.17, 15) is 5.11 Å². The predicted octanol–water partition coefficient (Wildman–Crippen LogP) is 0.460. The van der Waals surface area contributed by atoms with Crippen molar-refractivity contribution in [1.82, 2.24) is 4.90 Å². The van der Waals surface area contributed by atoms with Crippen LogP contribution < -0.4 is 0 Å². The van der Waals surface area contributed by atoms with E-state index in [4.69, 9.17) is 5.11 Å². The molecule has 0 aliphatic carbocycles. The van der Waals surface area contributed by atoms with E-state index in [1.54, 1.807) is 0 Å². The van der Waals surface area contributed by atoms with Crippen LogP contribution in [0.5, 0.6) is 0 Å². The summed E-state index contributed by atoms with van der Waals surface area (Å²) in [5, 5.41) is 17.8. The minimum atomic E-state index is -0.624. The zero-order valence-corrected chi connectivity index (χ0v) is 8.54. The summed E-state index contributed by atoms with van der Waals surface area (Å²) < 4.78 is 0. The molecule has 3 nitrogen and oxygen atoms in total. The fourth-order valence-corrected chi connectivity index (χ4v) is 0.891. The number of hydrogen-bond donors (Lipinski definition) is 2. The minimum Gasteiger partial charge on any atom is -0.394 e. The van der Waals surface area contributed by atoms with Crippen molar-refractivity contribution in [2.45, 2.75) is 38.8 Å². The molecule has 0 fully saturated rings. The van der Waals surface area contributed by atoms with Gasteiger partial charge in [0.2, 0.25) is 0 Å². The molecule has 0 heterocycles. The van der Waals surface area contributed by atoms with Crippen LogP contribution in [0.2, 0.25) is 0 Å². The lowest BCUT2D eigenvalue weighted by molar-refractivity contribution is 0.0341. The quantitative estimate of drug-likeness (QED) is 0.638. The maximum Gasteiger partial charge on any atom is 0.0897 e. The largest absolute Gasteiger partial charge is 0.394 e. The second kappa shape index (κ2) is 4.80. The summed E-state index contributed by atoms with van der Waals surface area (Å²) in [5.74, 6) is 0. The van der Waals surface area contributed by atoms with Gasteiger partial charge in [-0.1, -0.05) is 6.92 Å². The Morgan fingerprint density at radius 1 is 1.42 bits per heavy atom. The lowest BCUT2D eigenvalue weighted by Gasteiger charge is -2.35. The van der Waals surface area contributed by atoms with E-state index in [2.05, 4.69) is 25.7 Å². The zero-order chi connectivity index (χ0) is 9.78. The van der Waals surface area contributed by atoms with E-state index in [-0.39, 0.29) is 12.1 Å². The fourth-order valence-electron chi connectivity index (χ4n) is 0.891. The number of rotatable bonds is 5. The summed E-state index contributed by atoms with van der Waals surface area (Å²) in [6.07, 6.45) is 0.405. The Morgan fingerprint density at radius 2 is 1.92 bits per heavy atom. The summed E-state index contributed by atoms with van der Waals surface area (Å²) in [7, 11) is 1.96. The molecule has 0 aliphatic heterocycles. The average Bonchev–Trinajstić information content (AvgIpc) is 2.04. The van der Waals surface area contributed by atoms with Gasteiger partial charge in [0.15, 0.2) is 0 Å². The molecule has 0 bridgehead atoms. The first-order valence-electron chi connectivity index (χ1n) is 4.44. The molecule has 0 radical (unpaired) electrons. The van der Waals surface area contributed by atoms with Crippen molar-refractivity contribution in [2.75, 3.05) is 20.2 Å². The molecule has 0 saturated heterocycles. The number of likely N-dealkylation sites (N-methyl/N-ethyl adjacent to an activating group) is 1. The standard InChI is InChI=1S/C9H21NO2/c1-5-9(2,3)10(4)6-8(12)7-11/h8,11-12H,5-7H2,1-4H3. The van der Waals surface area contributed by atoms with E-state index in [0.717, 1.165) is 6.42 Å². The van der Waals surface area contributed by atoms with E-state index in [1.165, 1.54) is 0 Å². The molecule has 0 aromatic rings. The number of β-amino-alcohol motifs (C(OH)–C–C–N with tert-alkyl or cyclic N) is 1. The van der Waals surface area contributed by atoms with Gasteiger partial charge in [-0.2, -0.15) is 0 Å². The second-order valence-corrected chi connectivity index (χ2v) is 3.88. The Kier molecular flexibility index (Phi) is 4.75. The third kappa shape index (κ3) is 3.52. The van der Waals surface area contributed by atoms with Crippen LogP contribution in [0.1, 0.15) is 27.2 Å². The highest BCUT2D eigenvalue weighted by Crippen LogP contribution is 2.16. The van der Waals surface area contributed by atoms with Gasteiger partial charge in [-0.25, -0.2) is 0 Å². The summed E-state index contributed by atoms with van der Waals surface area (Å²) in [5.41, 5.74) is 0.0934. The van der Waals surface area contributed by atoms with Crippen LogP contribution in [0.3, 0.4) is 0 Å². The fraction of sp³-hybridized carbons (Fsp3) is 1.00. The average molecular weight is 175 g/mol. The number of aliphatic hydroxyl groups excluding tert-OH is 2. The predicted molar refractivity (Wildman–Crippen MR) is 50.1 cm³/mol. The molecular weight excluding hydrogens is 154 g/mol. The lowest BCUT2D eigenvalue weighted by atomic mass is 10.00. The van der Waals surface area contributed by atoms with Crippen molar-refractivity contribution < 1.29 is 10.2 Å². The van der Waals surface area contributed by atoms with E-state index in [0.29, 0.717) is 6.54 Å². The second-order valence-electron chi connectivity index (χ2n) is 3.88. The van der Waals surface area contributed by atoms with Crippen LogP contribution in [-0.4, -0.2) is 47.0 Å². The summed E-state index contributed by atoms with van der Waals surface area (Å²) in [6.45, 7) is 6.72. The minimum absolute atomic E-state index is 0.0934. The number of aliphatic hydroxyl groups is 2. The Labute approximate surface area is 75.0 Å². The Bertz CT molecular complexity index is 126. The van der Waals surface area contributed by atoms with Crippen molar-refractivity contribution in [3.05, 3.63) is 0 Å². The van der Waals surface area contributed by atoms with Crippen molar-refractivity contribution in [1.29, 1.82) is 0 Å². The highest BCUT2D eigenvalue weighted by atomic mass is 16.3. The Morgan fingerprint density at radius 3 is 2.25 bits per heavy atom. The van der Waals surface area contributed by atoms with Gasteiger partial charge in [0, 0.05) is 12.1 Å². The van der Waals surface area contributed by atoms with E-state index < -0.39 is 6.10 Å². The van der Waals surface area contributed by atoms with E-state index >= 15 is 0 Å². The van der Waals surface area contributed by atoms with Gasteiger partial charge in [0.1, 0.15) is 0 Å². The molecule has 0 spiro atoms. The number of nitrogens with zero attached hydrogens (tertiary/aromatic N) is 1. The van der Waals surface area contributed by atoms with Crippen LogP contribution in [0.4, 0.5) is 0 Å². The van der Waals surface area contributed by atoms with Crippen molar-refractivity contribution in [3.8, 4) is 0 Å². The van der Waals surface area contributed by atoms with Crippen LogP contribution in [-0.2, 0) is 0 Å². The highest BCUT2D eigenvalue weighted by molar-refractivity contribution is 4.78. The van der Waals surface area contributed by atoms with Crippen LogP contribution in [0.15, 0.2) is 0 Å². The summed E-state index contributed by atoms with van der Waals surface area (Å²) in [4.78, 5) is 2.06. The zero-order valence-electron chi connectivity index (χ0n) is 8.54. The van der Waals surface area contributed by atoms with Crippen LogP contribution in [0, 0.1) is 0 Å². The lowest BCUT2D eigenvalue weighted by Crippen LogP contribution is -2.45. The van der Waals surface area contributed by atoms with Gasteiger partial charge in [0.25, 0.3) is 0 Å². The highest BCUT2D eigenvalue weighted by Gasteiger charge is 2.22. The summed E-state index contributed by atoms with van der Waals surface area (Å²) in [6, 6.07) is 0. The first-order valence-corrected chi connectivity index (χ1v) is 4.44. The van der Waals surface area contributed by atoms with Gasteiger partial charge in [-0.15, -0.1) is 0 Å². The van der Waals surface area contributed by atoms with Crippen LogP contribution in [0.25, 0.3) is 0 Å². The van der Waals surface area contributed by atoms with Crippen LogP contribution >= 0.6 is 0 Å². The topological polar surface area (TPSA) is 43.7 Å². The van der Waals surface area contributed by atoms with Crippen molar-refractivity contribution >= 4 is 0 Å². The molecule has 0 aliphatic rings. The van der Waals surface area contributed by atoms with Gasteiger partial charge < -0.3 is 10.2 Å². The molecule has 1 unspecified atom stereocenters. The third-order valence-electron chi connectivity index (χ3n) is 2.59. The molecule has 3 heteroatoms. The molecule has 0 rings (SSSR count). The Balaban J connectivity index is 3.93. The molecular formula is C9H21NO2. The SMILES string of the molecule is CCC(C)(C)N(C)CC(O)CO. The number of hydrogen-bond acceptors (Lipinski definition) is 3. The molecule has 0 amide bonds. The normalized spacial score (nSPS) is 15.2. The maximum absolute atomic E-state index is 9.20. The first kappa shape index (κ1) is 11.9. The maximum atomic E-state index is 9.20. The van der Waals surface area contributed by atoms with Crippen molar-refractivity contribution in [2.24, 2.45) is 0 Å². The molecule has 0 aromatic heterocycles. The smallest absolute Gasteiger partial charge is 0.0897 e. The summed E-state index contributed by atoms with van der Waals surface area (Å²) >= 11 is 0. The molecule has 1 atom stereocenters. The van der Waals surface area contributed by atoms with Gasteiger partial charge in [0.05, 0.1) is 12.7 Å². The van der Waals surface area contributed by atoms with E-state index in [1.807, 2.05) is 7.05 Å². The molecule has 2 N–H and O–H groups in total. The van der Waals surface area contributed by atoms with Gasteiger partial charge in [-0.3, -0.25) is 4.90 Å². The molecule has 12 heavy (non-hydrogen) atoms. The van der Waals surface area contributed by atoms with Crippen molar-refractivity contribution in [3.63, 3.8) is 0 Å². The third-order valence-corrected chi connectivity index (χ3v) is 2.59. The molecule has 74 valence electrons. The Hall–Kier alpha value is -0.120. The first-order chi connectivity index (χ1) is 5.44.